The van der Waals surface area contributed by atoms with E-state index in [1.165, 1.54) is 27.4 Å². The van der Waals surface area contributed by atoms with Gasteiger partial charge in [0.25, 0.3) is 5.56 Å². The smallest absolute Gasteiger partial charge is 0.277 e. The fourth-order valence-corrected chi connectivity index (χ4v) is 2.98. The van der Waals surface area contributed by atoms with Gasteiger partial charge in [0.2, 0.25) is 5.91 Å². The molecular weight excluding hydrogens is 349 g/mol. The van der Waals surface area contributed by atoms with Crippen molar-refractivity contribution >= 4 is 28.3 Å². The van der Waals surface area contributed by atoms with Crippen molar-refractivity contribution in [1.29, 1.82) is 0 Å². The van der Waals surface area contributed by atoms with E-state index < -0.39 is 5.82 Å². The monoisotopic (exact) mass is 365 g/mol. The Bertz CT molecular complexity index is 1210. The number of pyridine rings is 1. The Morgan fingerprint density at radius 3 is 2.78 bits per heavy atom. The van der Waals surface area contributed by atoms with Gasteiger partial charge in [-0.3, -0.25) is 9.59 Å². The number of nitrogens with one attached hydrogen (secondary N) is 1. The van der Waals surface area contributed by atoms with Crippen molar-refractivity contribution in [2.45, 2.75) is 19.9 Å². The Morgan fingerprint density at radius 2 is 2.00 bits per heavy atom. The van der Waals surface area contributed by atoms with Crippen LogP contribution < -0.4 is 10.9 Å². The molecule has 3 aromatic heterocycles. The number of halogens is 1. The Kier molecular flexibility index (Phi) is 4.15. The number of carbonyl (C=O) groups is 1. The van der Waals surface area contributed by atoms with E-state index in [9.17, 15) is 14.0 Å². The topological polar surface area (TPSA) is 81.3 Å². The molecule has 0 aliphatic carbocycles. The highest BCUT2D eigenvalue weighted by atomic mass is 19.1. The number of nitrogens with zero attached hydrogens (tertiary/aromatic N) is 4. The van der Waals surface area contributed by atoms with Crippen molar-refractivity contribution in [2.24, 2.45) is 0 Å². The normalized spacial score (nSPS) is 11.2. The lowest BCUT2D eigenvalue weighted by molar-refractivity contribution is -0.116. The molecule has 0 saturated heterocycles. The molecule has 1 aromatic carbocycles. The summed E-state index contributed by atoms with van der Waals surface area (Å²) < 4.78 is 16.6. The summed E-state index contributed by atoms with van der Waals surface area (Å²) in [5, 5.41) is 6.82. The molecule has 0 bridgehead atoms. The number of aryl methyl sites for hydroxylation is 2. The summed E-state index contributed by atoms with van der Waals surface area (Å²) in [4.78, 5) is 29.1. The summed E-state index contributed by atoms with van der Waals surface area (Å²) in [6.45, 7) is 2.01. The number of fused-ring (bicyclic) bond motifs is 3. The van der Waals surface area contributed by atoms with Crippen LogP contribution in [0.25, 0.3) is 16.6 Å². The minimum atomic E-state index is -0.463. The SMILES string of the molecule is Cc1ccc(NC(=O)CCn2c(=O)c3ccnn3c3ccc(F)cc32)nc1. The number of amides is 1. The maximum Gasteiger partial charge on any atom is 0.277 e. The standard InChI is InChI=1S/C19H16FN5O2/c1-12-2-5-17(21-11-12)23-18(26)7-9-24-16-10-13(20)3-4-14(16)25-15(19(24)27)6-8-22-25/h2-6,8,10-11H,7,9H2,1H3,(H,21,23,26). The Morgan fingerprint density at radius 1 is 1.15 bits per heavy atom. The van der Waals surface area contributed by atoms with Crippen LogP contribution in [0.5, 0.6) is 0 Å². The second-order valence-electron chi connectivity index (χ2n) is 6.24. The summed E-state index contributed by atoms with van der Waals surface area (Å²) in [5.74, 6) is -0.299. The van der Waals surface area contributed by atoms with Gasteiger partial charge in [-0.1, -0.05) is 6.07 Å². The molecule has 27 heavy (non-hydrogen) atoms. The maximum atomic E-state index is 13.8. The lowest BCUT2D eigenvalue weighted by Gasteiger charge is -2.12. The van der Waals surface area contributed by atoms with Crippen molar-refractivity contribution in [2.75, 3.05) is 5.32 Å². The molecule has 0 unspecified atom stereocenters. The third-order valence-corrected chi connectivity index (χ3v) is 4.30. The van der Waals surface area contributed by atoms with E-state index in [0.29, 0.717) is 22.4 Å². The summed E-state index contributed by atoms with van der Waals surface area (Å²) in [7, 11) is 0. The highest BCUT2D eigenvalue weighted by Gasteiger charge is 2.13. The molecule has 0 saturated carbocycles. The van der Waals surface area contributed by atoms with Crippen LogP contribution in [0.15, 0.2) is 53.6 Å². The van der Waals surface area contributed by atoms with Crippen LogP contribution in [-0.2, 0) is 11.3 Å². The molecule has 0 aliphatic heterocycles. The molecule has 4 aromatic rings. The first-order valence-corrected chi connectivity index (χ1v) is 8.41. The van der Waals surface area contributed by atoms with E-state index in [0.717, 1.165) is 5.56 Å². The zero-order chi connectivity index (χ0) is 19.0. The van der Waals surface area contributed by atoms with Gasteiger partial charge in [0.05, 0.1) is 17.2 Å². The molecule has 4 rings (SSSR count). The van der Waals surface area contributed by atoms with E-state index in [-0.39, 0.29) is 24.4 Å². The third-order valence-electron chi connectivity index (χ3n) is 4.30. The minimum absolute atomic E-state index is 0.0470. The lowest BCUT2D eigenvalue weighted by Crippen LogP contribution is -2.25. The van der Waals surface area contributed by atoms with Crippen molar-refractivity contribution in [1.82, 2.24) is 19.2 Å². The van der Waals surface area contributed by atoms with Crippen LogP contribution in [0, 0.1) is 12.7 Å². The first-order chi connectivity index (χ1) is 13.0. The van der Waals surface area contributed by atoms with Gasteiger partial charge >= 0.3 is 0 Å². The van der Waals surface area contributed by atoms with Crippen LogP contribution >= 0.6 is 0 Å². The highest BCUT2D eigenvalue weighted by Crippen LogP contribution is 2.16. The van der Waals surface area contributed by atoms with E-state index in [2.05, 4.69) is 15.4 Å². The Balaban J connectivity index is 1.65. The average Bonchev–Trinajstić information content (AvgIpc) is 3.13. The Labute approximate surface area is 153 Å². The molecule has 3 heterocycles. The molecule has 0 atom stereocenters. The molecule has 0 aliphatic rings. The number of rotatable bonds is 4. The van der Waals surface area contributed by atoms with Gasteiger partial charge < -0.3 is 9.88 Å². The summed E-state index contributed by atoms with van der Waals surface area (Å²) >= 11 is 0. The lowest BCUT2D eigenvalue weighted by atomic mass is 10.2. The maximum absolute atomic E-state index is 13.8. The van der Waals surface area contributed by atoms with E-state index in [4.69, 9.17) is 0 Å². The average molecular weight is 365 g/mol. The van der Waals surface area contributed by atoms with Crippen LogP contribution in [0.3, 0.4) is 0 Å². The molecular formula is C19H16FN5O2. The third kappa shape index (κ3) is 3.17. The van der Waals surface area contributed by atoms with Crippen LogP contribution in [-0.4, -0.2) is 25.1 Å². The largest absolute Gasteiger partial charge is 0.311 e. The van der Waals surface area contributed by atoms with Crippen molar-refractivity contribution < 1.29 is 9.18 Å². The summed E-state index contributed by atoms with van der Waals surface area (Å²) in [5.41, 5.74) is 2.01. The van der Waals surface area contributed by atoms with E-state index >= 15 is 0 Å². The first kappa shape index (κ1) is 16.9. The molecule has 8 heteroatoms. The highest BCUT2D eigenvalue weighted by molar-refractivity contribution is 5.89. The minimum Gasteiger partial charge on any atom is -0.311 e. The summed E-state index contributed by atoms with van der Waals surface area (Å²) in [6.07, 6.45) is 3.22. The number of benzene rings is 1. The molecule has 1 amide bonds. The van der Waals surface area contributed by atoms with Crippen LogP contribution in [0.1, 0.15) is 12.0 Å². The molecule has 1 N–H and O–H groups in total. The van der Waals surface area contributed by atoms with Crippen molar-refractivity contribution in [3.05, 3.63) is 70.5 Å². The zero-order valence-electron chi connectivity index (χ0n) is 14.5. The van der Waals surface area contributed by atoms with Gasteiger partial charge in [-0.05, 0) is 42.8 Å². The first-order valence-electron chi connectivity index (χ1n) is 8.41. The van der Waals surface area contributed by atoms with E-state index in [1.807, 2.05) is 13.0 Å². The van der Waals surface area contributed by atoms with Gasteiger partial charge in [-0.2, -0.15) is 5.10 Å². The quantitative estimate of drug-likeness (QED) is 0.603. The molecule has 0 fully saturated rings. The number of hydrogen-bond acceptors (Lipinski definition) is 4. The van der Waals surface area contributed by atoms with Gasteiger partial charge in [0.15, 0.2) is 0 Å². The van der Waals surface area contributed by atoms with Crippen LogP contribution in [0.4, 0.5) is 10.2 Å². The number of anilines is 1. The number of aromatic nitrogens is 4. The molecule has 0 spiro atoms. The Hall–Kier alpha value is -3.55. The van der Waals surface area contributed by atoms with Gasteiger partial charge in [0.1, 0.15) is 17.2 Å². The number of hydrogen-bond donors (Lipinski definition) is 1. The van der Waals surface area contributed by atoms with Crippen molar-refractivity contribution in [3.8, 4) is 0 Å². The molecule has 136 valence electrons. The predicted molar refractivity (Wildman–Crippen MR) is 99.1 cm³/mol. The van der Waals surface area contributed by atoms with Gasteiger partial charge in [0, 0.05) is 19.2 Å². The van der Waals surface area contributed by atoms with Crippen LogP contribution in [0.2, 0.25) is 0 Å². The van der Waals surface area contributed by atoms with E-state index in [1.54, 1.807) is 24.4 Å². The molecule has 7 nitrogen and oxygen atoms in total. The summed E-state index contributed by atoms with van der Waals surface area (Å²) in [6, 6.07) is 9.31. The number of carbonyl (C=O) groups excluding carboxylic acids is 1. The van der Waals surface area contributed by atoms with Gasteiger partial charge in [-0.15, -0.1) is 0 Å². The fourth-order valence-electron chi connectivity index (χ4n) is 2.98. The zero-order valence-corrected chi connectivity index (χ0v) is 14.5. The molecule has 0 radical (unpaired) electrons. The van der Waals surface area contributed by atoms with Crippen molar-refractivity contribution in [3.63, 3.8) is 0 Å². The second kappa shape index (κ2) is 6.64. The second-order valence-corrected chi connectivity index (χ2v) is 6.24. The fraction of sp³-hybridized carbons (Fsp3) is 0.158. The predicted octanol–water partition coefficient (Wildman–Crippen LogP) is 2.52. The van der Waals surface area contributed by atoms with Gasteiger partial charge in [-0.25, -0.2) is 13.9 Å².